The first kappa shape index (κ1) is 15.5. The van der Waals surface area contributed by atoms with Crippen LogP contribution >= 0.6 is 0 Å². The monoisotopic (exact) mass is 288 g/mol. The fourth-order valence-corrected chi connectivity index (χ4v) is 1.88. The van der Waals surface area contributed by atoms with E-state index in [9.17, 15) is 0 Å². The van der Waals surface area contributed by atoms with Gasteiger partial charge >= 0.3 is 0 Å². The molecule has 0 aromatic carbocycles. The number of oxazole rings is 1. The van der Waals surface area contributed by atoms with Gasteiger partial charge in [-0.15, -0.1) is 0 Å². The highest BCUT2D eigenvalue weighted by molar-refractivity contribution is 5.28. The van der Waals surface area contributed by atoms with Crippen molar-refractivity contribution in [2.75, 3.05) is 11.4 Å². The number of pyridine rings is 1. The van der Waals surface area contributed by atoms with Crippen LogP contribution in [0.2, 0.25) is 0 Å². The molecule has 0 unspecified atom stereocenters. The first-order chi connectivity index (χ1) is 9.98. The molecule has 0 aliphatic rings. The predicted octanol–water partition coefficient (Wildman–Crippen LogP) is 2.98. The van der Waals surface area contributed by atoms with Gasteiger partial charge < -0.3 is 14.6 Å². The van der Waals surface area contributed by atoms with Gasteiger partial charge in [0.15, 0.2) is 0 Å². The highest BCUT2D eigenvalue weighted by atomic mass is 16.4. The van der Waals surface area contributed by atoms with Gasteiger partial charge in [0.25, 0.3) is 6.01 Å². The number of hydrogen-bond acceptors (Lipinski definition) is 5. The van der Waals surface area contributed by atoms with Crippen molar-refractivity contribution in [3.8, 4) is 0 Å². The average molecular weight is 288 g/mol. The maximum atomic E-state index is 5.60. The molecule has 0 atom stereocenters. The normalized spacial score (nSPS) is 11.6. The van der Waals surface area contributed by atoms with Crippen molar-refractivity contribution in [2.45, 2.75) is 46.3 Å². The third-order valence-electron chi connectivity index (χ3n) is 3.07. The summed E-state index contributed by atoms with van der Waals surface area (Å²) >= 11 is 0. The summed E-state index contributed by atoms with van der Waals surface area (Å²) in [6, 6.07) is 6.56. The first-order valence-corrected chi connectivity index (χ1v) is 7.32. The van der Waals surface area contributed by atoms with Crippen LogP contribution in [0.4, 0.5) is 6.01 Å². The Balaban J connectivity index is 2.01. The molecule has 2 heterocycles. The van der Waals surface area contributed by atoms with Crippen LogP contribution in [0.25, 0.3) is 0 Å². The Kier molecular flexibility index (Phi) is 4.96. The SMILES string of the molecule is CCN(Cc1ccccn1)c1nc(CNC(C)(C)C)co1. The first-order valence-electron chi connectivity index (χ1n) is 7.32. The lowest BCUT2D eigenvalue weighted by Crippen LogP contribution is -2.35. The van der Waals surface area contributed by atoms with Crippen LogP contribution in [0.5, 0.6) is 0 Å². The number of anilines is 1. The van der Waals surface area contributed by atoms with Gasteiger partial charge in [-0.05, 0) is 39.8 Å². The van der Waals surface area contributed by atoms with Crippen LogP contribution in [0.1, 0.15) is 39.1 Å². The molecule has 2 rings (SSSR count). The van der Waals surface area contributed by atoms with Crippen LogP contribution in [0.3, 0.4) is 0 Å². The van der Waals surface area contributed by atoms with E-state index in [0.29, 0.717) is 19.1 Å². The molecule has 5 nitrogen and oxygen atoms in total. The average Bonchev–Trinajstić information content (AvgIpc) is 2.92. The molecule has 0 saturated carbocycles. The second-order valence-corrected chi connectivity index (χ2v) is 6.06. The molecule has 5 heteroatoms. The Hall–Kier alpha value is -1.88. The number of rotatable bonds is 6. The van der Waals surface area contributed by atoms with E-state index < -0.39 is 0 Å². The van der Waals surface area contributed by atoms with E-state index in [1.165, 1.54) is 0 Å². The summed E-state index contributed by atoms with van der Waals surface area (Å²) in [5, 5.41) is 3.40. The molecule has 0 spiro atoms. The number of nitrogens with one attached hydrogen (secondary N) is 1. The minimum absolute atomic E-state index is 0.0670. The Morgan fingerprint density at radius 1 is 1.24 bits per heavy atom. The summed E-state index contributed by atoms with van der Waals surface area (Å²) in [5.74, 6) is 0. The lowest BCUT2D eigenvalue weighted by Gasteiger charge is -2.19. The summed E-state index contributed by atoms with van der Waals surface area (Å²) in [6.45, 7) is 10.7. The molecule has 0 saturated heterocycles. The minimum Gasteiger partial charge on any atom is -0.432 e. The predicted molar refractivity (Wildman–Crippen MR) is 84.1 cm³/mol. The molecule has 21 heavy (non-hydrogen) atoms. The Labute approximate surface area is 126 Å². The summed E-state index contributed by atoms with van der Waals surface area (Å²) in [4.78, 5) is 11.0. The van der Waals surface area contributed by atoms with Crippen molar-refractivity contribution >= 4 is 6.01 Å². The third kappa shape index (κ3) is 4.86. The van der Waals surface area contributed by atoms with Crippen molar-refractivity contribution in [3.63, 3.8) is 0 Å². The molecule has 0 fully saturated rings. The van der Waals surface area contributed by atoms with E-state index in [2.05, 4.69) is 47.9 Å². The largest absolute Gasteiger partial charge is 0.432 e. The molecule has 2 aromatic rings. The number of hydrogen-bond donors (Lipinski definition) is 1. The third-order valence-corrected chi connectivity index (χ3v) is 3.07. The van der Waals surface area contributed by atoms with Gasteiger partial charge in [0.05, 0.1) is 17.9 Å². The van der Waals surface area contributed by atoms with E-state index in [1.807, 2.05) is 18.2 Å². The van der Waals surface area contributed by atoms with Gasteiger partial charge in [-0.3, -0.25) is 4.98 Å². The van der Waals surface area contributed by atoms with Crippen LogP contribution in [-0.4, -0.2) is 22.1 Å². The number of aromatic nitrogens is 2. The zero-order chi connectivity index (χ0) is 15.3. The second kappa shape index (κ2) is 6.72. The van der Waals surface area contributed by atoms with Crippen LogP contribution < -0.4 is 10.2 Å². The topological polar surface area (TPSA) is 54.2 Å². The molecule has 1 N–H and O–H groups in total. The standard InChI is InChI=1S/C16H24N4O/c1-5-20(11-13-8-6-7-9-17-13)15-19-14(12-21-15)10-18-16(2,3)4/h6-9,12,18H,5,10-11H2,1-4H3. The summed E-state index contributed by atoms with van der Waals surface area (Å²) in [6.07, 6.45) is 3.52. The fraction of sp³-hybridized carbons (Fsp3) is 0.500. The van der Waals surface area contributed by atoms with E-state index in [4.69, 9.17) is 4.42 Å². The smallest absolute Gasteiger partial charge is 0.297 e. The van der Waals surface area contributed by atoms with Gasteiger partial charge in [0.1, 0.15) is 6.26 Å². The van der Waals surface area contributed by atoms with Crippen molar-refractivity contribution < 1.29 is 4.42 Å². The molecule has 0 amide bonds. The molecule has 2 aromatic heterocycles. The van der Waals surface area contributed by atoms with Gasteiger partial charge in [0, 0.05) is 24.8 Å². The summed E-state index contributed by atoms with van der Waals surface area (Å²) in [5.41, 5.74) is 1.99. The Bertz CT molecular complexity index is 545. The summed E-state index contributed by atoms with van der Waals surface area (Å²) < 4.78 is 5.60. The van der Waals surface area contributed by atoms with Crippen molar-refractivity contribution in [3.05, 3.63) is 42.0 Å². The Morgan fingerprint density at radius 2 is 2.05 bits per heavy atom. The highest BCUT2D eigenvalue weighted by Crippen LogP contribution is 2.16. The van der Waals surface area contributed by atoms with Gasteiger partial charge in [-0.1, -0.05) is 6.07 Å². The van der Waals surface area contributed by atoms with E-state index in [1.54, 1.807) is 12.5 Å². The van der Waals surface area contributed by atoms with Crippen LogP contribution in [-0.2, 0) is 13.1 Å². The van der Waals surface area contributed by atoms with Gasteiger partial charge in [-0.25, -0.2) is 0 Å². The van der Waals surface area contributed by atoms with E-state index in [0.717, 1.165) is 17.9 Å². The maximum absolute atomic E-state index is 5.60. The molecule has 114 valence electrons. The summed E-state index contributed by atoms with van der Waals surface area (Å²) in [7, 11) is 0. The minimum atomic E-state index is 0.0670. The van der Waals surface area contributed by atoms with Gasteiger partial charge in [0.2, 0.25) is 0 Å². The molecular formula is C16H24N4O. The Morgan fingerprint density at radius 3 is 2.67 bits per heavy atom. The molecule has 0 radical (unpaired) electrons. The lowest BCUT2D eigenvalue weighted by molar-refractivity contribution is 0.421. The molecule has 0 bridgehead atoms. The van der Waals surface area contributed by atoms with Crippen molar-refractivity contribution in [1.82, 2.24) is 15.3 Å². The van der Waals surface area contributed by atoms with Gasteiger partial charge in [-0.2, -0.15) is 4.98 Å². The second-order valence-electron chi connectivity index (χ2n) is 6.06. The maximum Gasteiger partial charge on any atom is 0.297 e. The van der Waals surface area contributed by atoms with Crippen molar-refractivity contribution in [2.24, 2.45) is 0 Å². The van der Waals surface area contributed by atoms with Crippen LogP contribution in [0, 0.1) is 0 Å². The van der Waals surface area contributed by atoms with E-state index in [-0.39, 0.29) is 5.54 Å². The van der Waals surface area contributed by atoms with Crippen LogP contribution in [0.15, 0.2) is 35.1 Å². The molecule has 0 aliphatic carbocycles. The zero-order valence-corrected chi connectivity index (χ0v) is 13.3. The number of nitrogens with zero attached hydrogens (tertiary/aromatic N) is 3. The molecule has 0 aliphatic heterocycles. The van der Waals surface area contributed by atoms with Crippen molar-refractivity contribution in [1.29, 1.82) is 0 Å². The quantitative estimate of drug-likeness (QED) is 0.885. The lowest BCUT2D eigenvalue weighted by atomic mass is 10.1. The molecular weight excluding hydrogens is 264 g/mol. The highest BCUT2D eigenvalue weighted by Gasteiger charge is 2.14. The fourth-order valence-electron chi connectivity index (χ4n) is 1.88. The van der Waals surface area contributed by atoms with E-state index >= 15 is 0 Å². The zero-order valence-electron chi connectivity index (χ0n) is 13.3.